The van der Waals surface area contributed by atoms with E-state index in [1.54, 1.807) is 4.90 Å². The Balaban J connectivity index is 2.40. The van der Waals surface area contributed by atoms with Gasteiger partial charge >= 0.3 is 0 Å². The third-order valence-electron chi connectivity index (χ3n) is 4.87. The van der Waals surface area contributed by atoms with E-state index in [0.717, 1.165) is 28.7 Å². The predicted molar refractivity (Wildman–Crippen MR) is 98.3 cm³/mol. The van der Waals surface area contributed by atoms with Gasteiger partial charge in [-0.25, -0.2) is 0 Å². The van der Waals surface area contributed by atoms with Crippen molar-refractivity contribution in [1.29, 1.82) is 0 Å². The van der Waals surface area contributed by atoms with Crippen LogP contribution in [0.2, 0.25) is 0 Å². The molecule has 0 aromatic heterocycles. The smallest absolute Gasteiger partial charge is 0.238 e. The molecule has 1 amide bonds. The summed E-state index contributed by atoms with van der Waals surface area (Å²) in [5.74, 6) is -0.647. The van der Waals surface area contributed by atoms with Crippen LogP contribution in [0.15, 0.2) is 12.1 Å². The molecule has 0 spiro atoms. The maximum absolute atomic E-state index is 13.1. The van der Waals surface area contributed by atoms with Crippen LogP contribution in [0.1, 0.15) is 69.2 Å². The van der Waals surface area contributed by atoms with E-state index in [2.05, 4.69) is 46.8 Å². The van der Waals surface area contributed by atoms with Gasteiger partial charge in [-0.15, -0.1) is 0 Å². The van der Waals surface area contributed by atoms with Gasteiger partial charge in [-0.2, -0.15) is 0 Å². The minimum Gasteiger partial charge on any atom is -0.329 e. The number of carbonyl (C=O) groups is 2. The first-order chi connectivity index (χ1) is 10.8. The average Bonchev–Trinajstić information content (AvgIpc) is 2.63. The zero-order chi connectivity index (χ0) is 18.4. The molecule has 1 aromatic carbocycles. The van der Waals surface area contributed by atoms with Crippen molar-refractivity contribution in [2.75, 3.05) is 6.54 Å². The monoisotopic (exact) mass is 329 g/mol. The molecule has 1 heterocycles. The number of benzene rings is 1. The van der Waals surface area contributed by atoms with Crippen molar-refractivity contribution in [3.63, 3.8) is 0 Å². The highest BCUT2D eigenvalue weighted by atomic mass is 16.2. The Kier molecular flexibility index (Phi) is 4.69. The van der Waals surface area contributed by atoms with Gasteiger partial charge in [0.15, 0.2) is 5.78 Å². The van der Waals surface area contributed by atoms with E-state index in [1.165, 1.54) is 0 Å². The van der Waals surface area contributed by atoms with Crippen LogP contribution in [-0.4, -0.2) is 28.7 Å². The largest absolute Gasteiger partial charge is 0.329 e. The van der Waals surface area contributed by atoms with Gasteiger partial charge in [0.1, 0.15) is 5.92 Å². The molecule has 1 aliphatic heterocycles. The van der Waals surface area contributed by atoms with Crippen LogP contribution < -0.4 is 0 Å². The number of likely N-dealkylation sites (tertiary alicyclic amines) is 1. The van der Waals surface area contributed by atoms with Crippen LogP contribution in [0.3, 0.4) is 0 Å². The molecule has 1 aromatic rings. The fraction of sp³-hybridized carbons (Fsp3) is 0.619. The first-order valence-electron chi connectivity index (χ1n) is 8.75. The number of Topliss-reactive ketones (excluding diaryl/α,β-unsaturated/α-hetero) is 1. The van der Waals surface area contributed by atoms with E-state index < -0.39 is 5.92 Å². The van der Waals surface area contributed by atoms with Crippen LogP contribution in [-0.2, 0) is 9.59 Å². The molecular weight excluding hydrogens is 298 g/mol. The number of nitrogens with zero attached hydrogens (tertiary/aromatic N) is 1. The van der Waals surface area contributed by atoms with Gasteiger partial charge in [0.25, 0.3) is 0 Å². The second-order valence-corrected chi connectivity index (χ2v) is 9.19. The van der Waals surface area contributed by atoms with E-state index >= 15 is 0 Å². The van der Waals surface area contributed by atoms with Gasteiger partial charge < -0.3 is 4.90 Å². The summed E-state index contributed by atoms with van der Waals surface area (Å²) >= 11 is 0. The molecule has 1 fully saturated rings. The van der Waals surface area contributed by atoms with Crippen LogP contribution in [0.5, 0.6) is 0 Å². The highest BCUT2D eigenvalue weighted by Gasteiger charge is 2.47. The molecule has 132 valence electrons. The number of amides is 1. The van der Waals surface area contributed by atoms with Gasteiger partial charge in [-0.05, 0) is 63.1 Å². The average molecular weight is 329 g/mol. The molecule has 0 aliphatic carbocycles. The molecule has 0 radical (unpaired) electrons. The van der Waals surface area contributed by atoms with E-state index in [9.17, 15) is 9.59 Å². The highest BCUT2D eigenvalue weighted by Crippen LogP contribution is 2.38. The molecule has 0 N–H and O–H groups in total. The summed E-state index contributed by atoms with van der Waals surface area (Å²) in [6, 6.07) is 4.12. The van der Waals surface area contributed by atoms with Crippen molar-refractivity contribution in [2.45, 2.75) is 73.3 Å². The zero-order valence-electron chi connectivity index (χ0n) is 16.4. The number of rotatable bonds is 3. The Morgan fingerprint density at radius 3 is 1.96 bits per heavy atom. The summed E-state index contributed by atoms with van der Waals surface area (Å²) in [5, 5.41) is 0. The maximum atomic E-state index is 13.1. The SMILES string of the molecule is Cc1cc(C)c(C2C(=O)CN(C(C)(C)CC(C)(C)C)C2=O)c(C)c1. The number of aryl methyl sites for hydroxylation is 3. The number of hydrogen-bond donors (Lipinski definition) is 0. The first kappa shape index (κ1) is 18.7. The van der Waals surface area contributed by atoms with Gasteiger partial charge in [-0.3, -0.25) is 9.59 Å². The van der Waals surface area contributed by atoms with Crippen molar-refractivity contribution in [1.82, 2.24) is 4.90 Å². The van der Waals surface area contributed by atoms with Crippen molar-refractivity contribution < 1.29 is 9.59 Å². The summed E-state index contributed by atoms with van der Waals surface area (Å²) in [6.07, 6.45) is 0.859. The van der Waals surface area contributed by atoms with Gasteiger partial charge in [-0.1, -0.05) is 38.5 Å². The standard InChI is InChI=1S/C21H31NO2/c1-13-9-14(2)17(15(3)10-13)18-16(23)11-22(19(18)24)21(7,8)12-20(4,5)6/h9-10,18H,11-12H2,1-8H3. The van der Waals surface area contributed by atoms with Crippen molar-refractivity contribution in [3.8, 4) is 0 Å². The summed E-state index contributed by atoms with van der Waals surface area (Å²) in [6.45, 7) is 16.9. The fourth-order valence-electron chi connectivity index (χ4n) is 4.46. The minimum atomic E-state index is -0.634. The second-order valence-electron chi connectivity index (χ2n) is 9.19. The third-order valence-corrected chi connectivity index (χ3v) is 4.87. The molecule has 1 saturated heterocycles. The summed E-state index contributed by atoms with van der Waals surface area (Å²) < 4.78 is 0. The molecule has 2 rings (SSSR count). The van der Waals surface area contributed by atoms with Gasteiger partial charge in [0.2, 0.25) is 5.91 Å². The van der Waals surface area contributed by atoms with Crippen LogP contribution in [0.4, 0.5) is 0 Å². The zero-order valence-corrected chi connectivity index (χ0v) is 16.4. The number of carbonyl (C=O) groups excluding carboxylic acids is 2. The Morgan fingerprint density at radius 1 is 1.00 bits per heavy atom. The summed E-state index contributed by atoms with van der Waals surface area (Å²) in [5.41, 5.74) is 3.91. The molecule has 24 heavy (non-hydrogen) atoms. The minimum absolute atomic E-state index is 0.0250. The molecule has 3 heteroatoms. The van der Waals surface area contributed by atoms with E-state index in [0.29, 0.717) is 0 Å². The van der Waals surface area contributed by atoms with Crippen LogP contribution in [0, 0.1) is 26.2 Å². The number of ketones is 1. The van der Waals surface area contributed by atoms with E-state index in [1.807, 2.05) is 20.8 Å². The van der Waals surface area contributed by atoms with E-state index in [4.69, 9.17) is 0 Å². The first-order valence-corrected chi connectivity index (χ1v) is 8.75. The summed E-state index contributed by atoms with van der Waals surface area (Å²) in [7, 11) is 0. The highest BCUT2D eigenvalue weighted by molar-refractivity contribution is 6.13. The second kappa shape index (κ2) is 6.02. The lowest BCUT2D eigenvalue weighted by atomic mass is 9.80. The quantitative estimate of drug-likeness (QED) is 0.774. The van der Waals surface area contributed by atoms with Crippen LogP contribution >= 0.6 is 0 Å². The Hall–Kier alpha value is -1.64. The topological polar surface area (TPSA) is 37.4 Å². The van der Waals surface area contributed by atoms with Crippen molar-refractivity contribution in [3.05, 3.63) is 34.4 Å². The van der Waals surface area contributed by atoms with Crippen molar-refractivity contribution in [2.24, 2.45) is 5.41 Å². The van der Waals surface area contributed by atoms with Gasteiger partial charge in [0, 0.05) is 5.54 Å². The Labute approximate surface area is 146 Å². The maximum Gasteiger partial charge on any atom is 0.238 e. The third kappa shape index (κ3) is 3.55. The molecule has 3 nitrogen and oxygen atoms in total. The van der Waals surface area contributed by atoms with Crippen LogP contribution in [0.25, 0.3) is 0 Å². The summed E-state index contributed by atoms with van der Waals surface area (Å²) in [4.78, 5) is 27.7. The lowest BCUT2D eigenvalue weighted by Gasteiger charge is -2.40. The molecular formula is C21H31NO2. The molecule has 0 saturated carbocycles. The lowest BCUT2D eigenvalue weighted by molar-refractivity contribution is -0.134. The number of hydrogen-bond acceptors (Lipinski definition) is 2. The molecule has 1 unspecified atom stereocenters. The van der Waals surface area contributed by atoms with Gasteiger partial charge in [0.05, 0.1) is 6.54 Å². The predicted octanol–water partition coefficient (Wildman–Crippen LogP) is 4.32. The lowest BCUT2D eigenvalue weighted by Crippen LogP contribution is -2.47. The van der Waals surface area contributed by atoms with Crippen molar-refractivity contribution >= 4 is 11.7 Å². The molecule has 0 bridgehead atoms. The normalized spacial score (nSPS) is 19.3. The van der Waals surface area contributed by atoms with E-state index in [-0.39, 0.29) is 29.2 Å². The Bertz CT molecular complexity index is 657. The molecule has 1 atom stereocenters. The Morgan fingerprint density at radius 2 is 1.50 bits per heavy atom. The fourth-order valence-corrected chi connectivity index (χ4v) is 4.46. The molecule has 1 aliphatic rings.